The van der Waals surface area contributed by atoms with Crippen molar-refractivity contribution in [2.45, 2.75) is 32.4 Å². The van der Waals surface area contributed by atoms with Crippen molar-refractivity contribution in [1.82, 2.24) is 10.3 Å². The molecule has 114 valence electrons. The number of aromatic amines is 1. The molecule has 1 aromatic heterocycles. The number of nitrogens with two attached hydrogens (primary N) is 1. The van der Waals surface area contributed by atoms with Gasteiger partial charge in [0.1, 0.15) is 11.4 Å². The van der Waals surface area contributed by atoms with E-state index in [2.05, 4.69) is 10.3 Å². The minimum atomic E-state index is -0.555. The molecule has 0 saturated carbocycles. The molecule has 6 nitrogen and oxygen atoms in total. The number of hydrogen-bond acceptors (Lipinski definition) is 4. The molecule has 21 heavy (non-hydrogen) atoms. The van der Waals surface area contributed by atoms with Gasteiger partial charge in [0.2, 0.25) is 0 Å². The Morgan fingerprint density at radius 3 is 2.81 bits per heavy atom. The second-order valence-electron chi connectivity index (χ2n) is 5.93. The van der Waals surface area contributed by atoms with Crippen LogP contribution >= 0.6 is 0 Å². The molecule has 0 unspecified atom stereocenters. The molecule has 2 aromatic rings. The van der Waals surface area contributed by atoms with E-state index in [0.29, 0.717) is 10.9 Å². The average molecular weight is 291 g/mol. The molecule has 0 aliphatic heterocycles. The highest BCUT2D eigenvalue weighted by molar-refractivity contribution is 5.87. The fraction of sp³-hybridized carbons (Fsp3) is 0.400. The van der Waals surface area contributed by atoms with Gasteiger partial charge in [0, 0.05) is 29.2 Å². The van der Waals surface area contributed by atoms with E-state index in [1.165, 1.54) is 0 Å². The number of rotatable bonds is 3. The van der Waals surface area contributed by atoms with Crippen LogP contribution in [0.15, 0.2) is 24.4 Å². The van der Waals surface area contributed by atoms with Crippen LogP contribution in [0.5, 0.6) is 5.75 Å². The van der Waals surface area contributed by atoms with Crippen LogP contribution in [0.25, 0.3) is 10.9 Å². The first-order chi connectivity index (χ1) is 9.78. The topological polar surface area (TPSA) is 100 Å². The number of aromatic nitrogens is 1. The summed E-state index contributed by atoms with van der Waals surface area (Å²) in [7, 11) is 0. The van der Waals surface area contributed by atoms with Crippen molar-refractivity contribution in [3.05, 3.63) is 30.0 Å². The van der Waals surface area contributed by atoms with Gasteiger partial charge in [-0.05, 0) is 32.9 Å². The van der Waals surface area contributed by atoms with E-state index in [1.807, 2.05) is 6.07 Å². The number of fused-ring (bicyclic) bond motifs is 1. The summed E-state index contributed by atoms with van der Waals surface area (Å²) in [5.41, 5.74) is 6.89. The third kappa shape index (κ3) is 3.66. The highest BCUT2D eigenvalue weighted by Crippen LogP contribution is 2.31. The lowest BCUT2D eigenvalue weighted by atomic mass is 10.0. The number of nitrogens with one attached hydrogen (secondary N) is 2. The third-order valence-corrected chi connectivity index (χ3v) is 3.00. The molecular formula is C15H21N3O3. The summed E-state index contributed by atoms with van der Waals surface area (Å²) in [4.78, 5) is 14.6. The van der Waals surface area contributed by atoms with E-state index in [4.69, 9.17) is 10.5 Å². The van der Waals surface area contributed by atoms with Gasteiger partial charge < -0.3 is 25.9 Å². The molecule has 1 heterocycles. The zero-order valence-corrected chi connectivity index (χ0v) is 12.4. The number of hydrogen-bond donors (Lipinski definition) is 4. The Bertz CT molecular complexity index is 643. The van der Waals surface area contributed by atoms with E-state index < -0.39 is 17.7 Å². The summed E-state index contributed by atoms with van der Waals surface area (Å²) >= 11 is 0. The summed E-state index contributed by atoms with van der Waals surface area (Å²) < 4.78 is 5.14. The number of H-pyrrole nitrogens is 1. The number of carbonyl (C=O) groups excluding carboxylic acids is 1. The molecule has 0 bridgehead atoms. The smallest absolute Gasteiger partial charge is 0.407 e. The number of alkyl carbamates (subject to hydrolysis) is 1. The monoisotopic (exact) mass is 291 g/mol. The van der Waals surface area contributed by atoms with E-state index in [1.54, 1.807) is 39.1 Å². The van der Waals surface area contributed by atoms with E-state index in [-0.39, 0.29) is 12.3 Å². The van der Waals surface area contributed by atoms with E-state index in [0.717, 1.165) is 5.52 Å². The lowest BCUT2D eigenvalue weighted by Gasteiger charge is -2.21. The maximum absolute atomic E-state index is 11.6. The zero-order chi connectivity index (χ0) is 15.6. The molecule has 0 spiro atoms. The third-order valence-electron chi connectivity index (χ3n) is 3.00. The number of phenols is 1. The molecule has 0 aliphatic carbocycles. The van der Waals surface area contributed by atoms with Crippen LogP contribution < -0.4 is 11.1 Å². The molecular weight excluding hydrogens is 270 g/mol. The molecule has 0 aliphatic rings. The van der Waals surface area contributed by atoms with Crippen molar-refractivity contribution in [2.24, 2.45) is 5.73 Å². The van der Waals surface area contributed by atoms with Gasteiger partial charge in [-0.3, -0.25) is 0 Å². The predicted octanol–water partition coefficient (Wildman–Crippen LogP) is 2.40. The van der Waals surface area contributed by atoms with Gasteiger partial charge in [-0.1, -0.05) is 6.07 Å². The lowest BCUT2D eigenvalue weighted by molar-refractivity contribution is 0.0524. The Balaban J connectivity index is 2.03. The molecule has 6 heteroatoms. The summed E-state index contributed by atoms with van der Waals surface area (Å²) in [6.45, 7) is 5.55. The fourth-order valence-electron chi connectivity index (χ4n) is 2.05. The lowest BCUT2D eigenvalue weighted by Crippen LogP contribution is -2.36. The van der Waals surface area contributed by atoms with Gasteiger partial charge in [0.15, 0.2) is 0 Å². The van der Waals surface area contributed by atoms with Crippen molar-refractivity contribution in [3.8, 4) is 5.75 Å². The van der Waals surface area contributed by atoms with Crippen LogP contribution in [0, 0.1) is 0 Å². The normalized spacial score (nSPS) is 13.1. The summed E-state index contributed by atoms with van der Waals surface area (Å²) in [6.07, 6.45) is 1.22. The van der Waals surface area contributed by atoms with Gasteiger partial charge in [0.25, 0.3) is 0 Å². The number of benzene rings is 1. The van der Waals surface area contributed by atoms with Gasteiger partial charge in [0.05, 0.1) is 6.04 Å². The van der Waals surface area contributed by atoms with Crippen molar-refractivity contribution in [3.63, 3.8) is 0 Å². The Hall–Kier alpha value is -2.21. The Morgan fingerprint density at radius 1 is 1.43 bits per heavy atom. The molecule has 1 atom stereocenters. The first kappa shape index (κ1) is 15.2. The molecule has 0 fully saturated rings. The number of aromatic hydroxyl groups is 1. The predicted molar refractivity (Wildman–Crippen MR) is 81.1 cm³/mol. The standard InChI is InChI=1S/C15H21N3O3/c1-15(2,3)21-14(20)18-8-11(16)9-4-5-12-10(13(9)19)6-7-17-12/h4-7,11,17,19H,8,16H2,1-3H3,(H,18,20)/t11-/m1/s1. The molecule has 0 saturated heterocycles. The second-order valence-corrected chi connectivity index (χ2v) is 5.93. The minimum Gasteiger partial charge on any atom is -0.507 e. The number of phenolic OH excluding ortho intramolecular Hbond substituents is 1. The number of carbonyl (C=O) groups is 1. The van der Waals surface area contributed by atoms with E-state index in [9.17, 15) is 9.90 Å². The zero-order valence-electron chi connectivity index (χ0n) is 12.4. The summed E-state index contributed by atoms with van der Waals surface area (Å²) in [6, 6.07) is 4.85. The molecule has 5 N–H and O–H groups in total. The van der Waals surface area contributed by atoms with Crippen molar-refractivity contribution in [1.29, 1.82) is 0 Å². The Kier molecular flexibility index (Phi) is 4.09. The molecule has 1 amide bonds. The summed E-state index contributed by atoms with van der Waals surface area (Å²) in [5, 5.41) is 13.5. The SMILES string of the molecule is CC(C)(C)OC(=O)NC[C@@H](N)c1ccc2[nH]ccc2c1O. The van der Waals surface area contributed by atoms with Crippen molar-refractivity contribution < 1.29 is 14.6 Å². The first-order valence-electron chi connectivity index (χ1n) is 6.79. The Morgan fingerprint density at radius 2 is 2.14 bits per heavy atom. The quantitative estimate of drug-likeness (QED) is 0.697. The highest BCUT2D eigenvalue weighted by Gasteiger charge is 2.18. The van der Waals surface area contributed by atoms with Crippen LogP contribution in [-0.2, 0) is 4.74 Å². The maximum Gasteiger partial charge on any atom is 0.407 e. The van der Waals surface area contributed by atoms with Crippen LogP contribution in [0.1, 0.15) is 32.4 Å². The van der Waals surface area contributed by atoms with Crippen LogP contribution in [-0.4, -0.2) is 28.3 Å². The van der Waals surface area contributed by atoms with Gasteiger partial charge in [-0.25, -0.2) is 4.79 Å². The van der Waals surface area contributed by atoms with Crippen molar-refractivity contribution >= 4 is 17.0 Å². The minimum absolute atomic E-state index is 0.132. The van der Waals surface area contributed by atoms with Gasteiger partial charge >= 0.3 is 6.09 Å². The second kappa shape index (κ2) is 5.65. The van der Waals surface area contributed by atoms with Crippen LogP contribution in [0.4, 0.5) is 4.79 Å². The van der Waals surface area contributed by atoms with Crippen molar-refractivity contribution in [2.75, 3.05) is 6.54 Å². The first-order valence-corrected chi connectivity index (χ1v) is 6.79. The molecule has 0 radical (unpaired) electrons. The van der Waals surface area contributed by atoms with Crippen LogP contribution in [0.2, 0.25) is 0 Å². The molecule has 1 aromatic carbocycles. The summed E-state index contributed by atoms with van der Waals surface area (Å²) in [5.74, 6) is 0.132. The highest BCUT2D eigenvalue weighted by atomic mass is 16.6. The Labute approximate surface area is 123 Å². The van der Waals surface area contributed by atoms with Gasteiger partial charge in [-0.2, -0.15) is 0 Å². The largest absolute Gasteiger partial charge is 0.507 e. The average Bonchev–Trinajstić information content (AvgIpc) is 2.83. The van der Waals surface area contributed by atoms with Gasteiger partial charge in [-0.15, -0.1) is 0 Å². The fourth-order valence-corrected chi connectivity index (χ4v) is 2.05. The number of ether oxygens (including phenoxy) is 1. The number of amides is 1. The van der Waals surface area contributed by atoms with Crippen LogP contribution in [0.3, 0.4) is 0 Å². The maximum atomic E-state index is 11.6. The van der Waals surface area contributed by atoms with E-state index >= 15 is 0 Å². The molecule has 2 rings (SSSR count).